The molecule has 1 aromatic carbocycles. The number of para-hydroxylation sites is 1. The van der Waals surface area contributed by atoms with E-state index in [2.05, 4.69) is 25.9 Å². The number of amides is 1. The van der Waals surface area contributed by atoms with Crippen LogP contribution < -0.4 is 21.7 Å². The Balaban J connectivity index is 1.99. The first-order valence-corrected chi connectivity index (χ1v) is 7.14. The molecule has 7 nitrogen and oxygen atoms in total. The topological polar surface area (TPSA) is 105 Å². The minimum absolute atomic E-state index is 0.156. The molecule has 0 aliphatic carbocycles. The van der Waals surface area contributed by atoms with Crippen LogP contribution in [0.2, 0.25) is 0 Å². The van der Waals surface area contributed by atoms with E-state index in [0.717, 1.165) is 11.3 Å². The smallest absolute Gasteiger partial charge is 0.257 e. The average molecular weight is 298 g/mol. The summed E-state index contributed by atoms with van der Waals surface area (Å²) in [6.07, 6.45) is 0. The number of nitrogens with two attached hydrogens (primary N) is 1. The van der Waals surface area contributed by atoms with Gasteiger partial charge >= 0.3 is 0 Å². The van der Waals surface area contributed by atoms with Gasteiger partial charge in [-0.15, -0.1) is 0 Å². The van der Waals surface area contributed by atoms with Crippen LogP contribution in [0.4, 0.5) is 17.5 Å². The van der Waals surface area contributed by atoms with Crippen LogP contribution in [0, 0.1) is 6.92 Å². The van der Waals surface area contributed by atoms with Gasteiger partial charge in [0.1, 0.15) is 11.4 Å². The van der Waals surface area contributed by atoms with Gasteiger partial charge in [0, 0.05) is 18.8 Å². The van der Waals surface area contributed by atoms with Gasteiger partial charge in [-0.25, -0.2) is 4.98 Å². The molecule has 0 unspecified atom stereocenters. The van der Waals surface area contributed by atoms with Crippen molar-refractivity contribution in [2.45, 2.75) is 13.5 Å². The highest BCUT2D eigenvalue weighted by Gasteiger charge is 2.26. The number of hydrogen-bond donors (Lipinski definition) is 4. The molecule has 0 bridgehead atoms. The summed E-state index contributed by atoms with van der Waals surface area (Å²) in [5.41, 5.74) is 8.67. The van der Waals surface area contributed by atoms with Gasteiger partial charge in [-0.2, -0.15) is 4.98 Å². The summed E-state index contributed by atoms with van der Waals surface area (Å²) in [6, 6.07) is 7.84. The molecular weight excluding hydrogens is 280 g/mol. The number of nitrogens with zero attached hydrogens (tertiary/aromatic N) is 2. The number of carbonyl (C=O) groups excluding carboxylic acids is 1. The minimum Gasteiger partial charge on any atom is -0.353 e. The number of benzene rings is 1. The number of aryl methyl sites for hydroxylation is 1. The summed E-state index contributed by atoms with van der Waals surface area (Å²) in [7, 11) is 0. The third-order valence-corrected chi connectivity index (χ3v) is 3.45. The molecule has 22 heavy (non-hydrogen) atoms. The normalized spacial score (nSPS) is 12.7. The Morgan fingerprint density at radius 2 is 2.14 bits per heavy atom. The zero-order valence-corrected chi connectivity index (χ0v) is 12.3. The van der Waals surface area contributed by atoms with E-state index in [0.29, 0.717) is 42.7 Å². The van der Waals surface area contributed by atoms with E-state index in [1.165, 1.54) is 0 Å². The molecule has 7 heteroatoms. The van der Waals surface area contributed by atoms with Gasteiger partial charge in [-0.3, -0.25) is 4.79 Å². The Morgan fingerprint density at radius 1 is 1.32 bits per heavy atom. The summed E-state index contributed by atoms with van der Waals surface area (Å²) in [5.74, 6) is 0.821. The summed E-state index contributed by atoms with van der Waals surface area (Å²) in [5, 5.41) is 9.07. The van der Waals surface area contributed by atoms with Crippen molar-refractivity contribution in [2.75, 3.05) is 23.7 Å². The quantitative estimate of drug-likeness (QED) is 0.660. The maximum Gasteiger partial charge on any atom is 0.257 e. The zero-order chi connectivity index (χ0) is 15.5. The second-order valence-electron chi connectivity index (χ2n) is 5.06. The molecule has 1 aromatic heterocycles. The van der Waals surface area contributed by atoms with Crippen LogP contribution in [-0.4, -0.2) is 29.0 Å². The van der Waals surface area contributed by atoms with Gasteiger partial charge in [0.05, 0.1) is 12.2 Å². The van der Waals surface area contributed by atoms with E-state index in [9.17, 15) is 4.79 Å². The Hall–Kier alpha value is -2.67. The van der Waals surface area contributed by atoms with Crippen molar-refractivity contribution in [3.05, 3.63) is 41.1 Å². The standard InChI is InChI=1S/C15H18N6O/c1-9-4-2-3-5-10(9)19-13-12-11(8-18-14(12)22)20-15(21-13)17-7-6-16/h2-5H,6-8,16H2,1H3,(H,18,22)(H2,17,19,20,21). The molecular formula is C15H18N6O. The molecule has 1 aliphatic heterocycles. The third kappa shape index (κ3) is 2.71. The largest absolute Gasteiger partial charge is 0.353 e. The van der Waals surface area contributed by atoms with E-state index in [4.69, 9.17) is 5.73 Å². The summed E-state index contributed by atoms with van der Waals surface area (Å²) < 4.78 is 0. The SMILES string of the molecule is Cc1ccccc1Nc1nc(NCCN)nc2c1C(=O)NC2. The number of aromatic nitrogens is 2. The lowest BCUT2D eigenvalue weighted by Gasteiger charge is -2.13. The lowest BCUT2D eigenvalue weighted by atomic mass is 10.2. The zero-order valence-electron chi connectivity index (χ0n) is 12.3. The number of anilines is 3. The molecule has 0 radical (unpaired) electrons. The fourth-order valence-electron chi connectivity index (χ4n) is 2.32. The van der Waals surface area contributed by atoms with E-state index in [1.807, 2.05) is 31.2 Å². The summed E-state index contributed by atoms with van der Waals surface area (Å²) in [4.78, 5) is 20.8. The Labute approximate surface area is 128 Å². The Kier molecular flexibility index (Phi) is 3.88. The predicted octanol–water partition coefficient (Wildman–Crippen LogP) is 1.14. The molecule has 0 saturated carbocycles. The first kappa shape index (κ1) is 14.3. The van der Waals surface area contributed by atoms with Crippen LogP contribution in [0.3, 0.4) is 0 Å². The van der Waals surface area contributed by atoms with Gasteiger partial charge in [0.15, 0.2) is 0 Å². The van der Waals surface area contributed by atoms with Crippen LogP contribution in [0.25, 0.3) is 0 Å². The van der Waals surface area contributed by atoms with Crippen molar-refractivity contribution in [3.63, 3.8) is 0 Å². The minimum atomic E-state index is -0.156. The first-order chi connectivity index (χ1) is 10.7. The number of rotatable bonds is 5. The third-order valence-electron chi connectivity index (χ3n) is 3.45. The molecule has 5 N–H and O–H groups in total. The molecule has 2 aromatic rings. The molecule has 2 heterocycles. The number of nitrogens with one attached hydrogen (secondary N) is 3. The van der Waals surface area contributed by atoms with Crippen LogP contribution in [0.1, 0.15) is 21.6 Å². The van der Waals surface area contributed by atoms with Crippen LogP contribution >= 0.6 is 0 Å². The van der Waals surface area contributed by atoms with E-state index in [-0.39, 0.29) is 5.91 Å². The Bertz CT molecular complexity index is 715. The van der Waals surface area contributed by atoms with Crippen molar-refractivity contribution in [1.29, 1.82) is 0 Å². The molecule has 0 spiro atoms. The highest BCUT2D eigenvalue weighted by Crippen LogP contribution is 2.27. The van der Waals surface area contributed by atoms with Crippen molar-refractivity contribution >= 4 is 23.4 Å². The molecule has 0 fully saturated rings. The van der Waals surface area contributed by atoms with Crippen LogP contribution in [0.15, 0.2) is 24.3 Å². The van der Waals surface area contributed by atoms with Crippen molar-refractivity contribution in [1.82, 2.24) is 15.3 Å². The molecule has 114 valence electrons. The second kappa shape index (κ2) is 5.98. The summed E-state index contributed by atoms with van der Waals surface area (Å²) in [6.45, 7) is 3.47. The maximum atomic E-state index is 12.0. The fraction of sp³-hybridized carbons (Fsp3) is 0.267. The number of fused-ring (bicyclic) bond motifs is 1. The van der Waals surface area contributed by atoms with Crippen LogP contribution in [0.5, 0.6) is 0 Å². The molecule has 0 saturated heterocycles. The van der Waals surface area contributed by atoms with Crippen LogP contribution in [-0.2, 0) is 6.54 Å². The highest BCUT2D eigenvalue weighted by atomic mass is 16.2. The molecule has 1 amide bonds. The first-order valence-electron chi connectivity index (χ1n) is 7.14. The van der Waals surface area contributed by atoms with E-state index in [1.54, 1.807) is 0 Å². The number of carbonyl (C=O) groups is 1. The lowest BCUT2D eigenvalue weighted by molar-refractivity contribution is 0.0966. The van der Waals surface area contributed by atoms with Gasteiger partial charge in [0.2, 0.25) is 5.95 Å². The fourth-order valence-corrected chi connectivity index (χ4v) is 2.32. The predicted molar refractivity (Wildman–Crippen MR) is 85.2 cm³/mol. The monoisotopic (exact) mass is 298 g/mol. The molecule has 1 aliphatic rings. The maximum absolute atomic E-state index is 12.0. The van der Waals surface area contributed by atoms with Gasteiger partial charge in [-0.1, -0.05) is 18.2 Å². The molecule has 3 rings (SSSR count). The van der Waals surface area contributed by atoms with Gasteiger partial charge < -0.3 is 21.7 Å². The van der Waals surface area contributed by atoms with Crippen molar-refractivity contribution < 1.29 is 4.79 Å². The van der Waals surface area contributed by atoms with E-state index >= 15 is 0 Å². The van der Waals surface area contributed by atoms with Crippen molar-refractivity contribution in [2.24, 2.45) is 5.73 Å². The van der Waals surface area contributed by atoms with Gasteiger partial charge in [0.25, 0.3) is 5.91 Å². The Morgan fingerprint density at radius 3 is 2.91 bits per heavy atom. The lowest BCUT2D eigenvalue weighted by Crippen LogP contribution is -2.17. The van der Waals surface area contributed by atoms with E-state index < -0.39 is 0 Å². The molecule has 0 atom stereocenters. The number of hydrogen-bond acceptors (Lipinski definition) is 6. The average Bonchev–Trinajstić information content (AvgIpc) is 2.89. The summed E-state index contributed by atoms with van der Waals surface area (Å²) >= 11 is 0. The van der Waals surface area contributed by atoms with Crippen molar-refractivity contribution in [3.8, 4) is 0 Å². The second-order valence-corrected chi connectivity index (χ2v) is 5.06. The highest BCUT2D eigenvalue weighted by molar-refractivity contribution is 6.03. The van der Waals surface area contributed by atoms with Gasteiger partial charge in [-0.05, 0) is 18.6 Å².